The van der Waals surface area contributed by atoms with Gasteiger partial charge < -0.3 is 23.7 Å². The summed E-state index contributed by atoms with van der Waals surface area (Å²) >= 11 is 23.3. The molecule has 2 aliphatic rings. The van der Waals surface area contributed by atoms with Gasteiger partial charge in [0.2, 0.25) is 0 Å². The van der Waals surface area contributed by atoms with E-state index in [1.807, 2.05) is 67.5 Å². The highest BCUT2D eigenvalue weighted by atomic mass is 35.9. The molecule has 94 heavy (non-hydrogen) atoms. The van der Waals surface area contributed by atoms with E-state index in [1.165, 1.54) is 89.3 Å². The molecule has 0 amide bonds. The summed E-state index contributed by atoms with van der Waals surface area (Å²) in [5.74, 6) is -6.48. The predicted octanol–water partition coefficient (Wildman–Crippen LogP) is 13.6. The maximum Gasteiger partial charge on any atom is 0.409 e. The third-order valence-corrected chi connectivity index (χ3v) is 24.0. The molecular formula is C59H104Cl4N7O19P5. The van der Waals surface area contributed by atoms with Gasteiger partial charge in [-0.2, -0.15) is 9.34 Å². The number of nitrogens with zero attached hydrogens (tertiary/aromatic N) is 5. The molecule has 2 N–H and O–H groups in total. The number of hydrogen-bond acceptors (Lipinski definition) is 19. The second-order valence-electron chi connectivity index (χ2n) is 21.4. The summed E-state index contributed by atoms with van der Waals surface area (Å²) in [5, 5.41) is 5.42. The molecule has 35 heteroatoms. The highest BCUT2D eigenvalue weighted by molar-refractivity contribution is 8.07. The first kappa shape index (κ1) is 95.1. The summed E-state index contributed by atoms with van der Waals surface area (Å²) < 4.78 is 115. The first-order valence-corrected chi connectivity index (χ1v) is 41.1. The van der Waals surface area contributed by atoms with Gasteiger partial charge in [0.25, 0.3) is 0 Å². The van der Waals surface area contributed by atoms with E-state index in [9.17, 15) is 46.8 Å². The molecule has 542 valence electrons. The number of carbonyl (C=O) groups excluding carboxylic acids is 5. The van der Waals surface area contributed by atoms with Crippen LogP contribution in [-0.2, 0) is 88.6 Å². The molecule has 3 unspecified atom stereocenters. The minimum atomic E-state index is -3.74. The van der Waals surface area contributed by atoms with Crippen LogP contribution in [0.5, 0.6) is 0 Å². The van der Waals surface area contributed by atoms with Crippen LogP contribution in [-0.4, -0.2) is 191 Å². The van der Waals surface area contributed by atoms with Gasteiger partial charge in [0, 0.05) is 45.8 Å². The van der Waals surface area contributed by atoms with Crippen LogP contribution in [0.2, 0.25) is 0 Å². The SMILES string of the molecule is C=CCN([C@H](C(=O)OC)C(C)C)P(=O)(Cl)Cl.C=CCNP(=O)(Cl)N(CC=C)[C@H](C(=O)OC)C(C)C.C=CCOP(=O)(OCC=C)N(CC=C)[C@H](C(=O)OC)C(C)C.C=CCOP1(=O)OCC=CCN1[C@H](C(=O)OC)C(C)C.COC(=O)[C@H](C(C)C)N1CC=CCNP1(=O)Cl. The molecule has 0 saturated carbocycles. The second kappa shape index (κ2) is 49.4. The van der Waals surface area contributed by atoms with Crippen LogP contribution in [0.15, 0.2) is 113 Å². The summed E-state index contributed by atoms with van der Waals surface area (Å²) in [6.07, 6.45) is 17.7. The molecule has 0 radical (unpaired) electrons. The highest BCUT2D eigenvalue weighted by Crippen LogP contribution is 2.61. The van der Waals surface area contributed by atoms with Gasteiger partial charge in [0.1, 0.15) is 30.2 Å². The van der Waals surface area contributed by atoms with Gasteiger partial charge in [-0.3, -0.25) is 55.8 Å². The summed E-state index contributed by atoms with van der Waals surface area (Å²) in [6, 6.07) is -3.55. The first-order chi connectivity index (χ1) is 43.8. The standard InChI is InChI=1S/C15H26NO5P.C13H22NO5P.C12H22ClN2O3P.C10H18ClN2O3P.C9H16Cl2NO3P/c1-7-10-16(14(13(4)5)15(17)19-6)22(18,20-11-8-2)21-12-9-3;1-5-9-18-20(16)14(8-6-7-10-19-20)12(11(2)3)13(15)17-4;1-6-8-14-19(13,17)15(9-7-2)11(10(3)4)12(16)18-5;1-8(2)9(10(14)16-3)13-7-5-4-6-12-17(13,11)15;1-5-6-12(16(10,11)14)8(7(2)3)9(13)15-4/h7-9,13-14H,1-3,10-12H2,4-6H3;5-7,11-12H,1,8-10H2,2-4H3;6-7,10-11H,1-2,8-9H2,3-5H3,(H,14,17);4-5,8-9H,6-7H2,1-3H3,(H,12,15);5,7-8H,1,6H2,2-4H3/t14-;12-,20?;11-,19?;9-,17?;8-/m00000/s1. The van der Waals surface area contributed by atoms with Crippen molar-refractivity contribution in [2.24, 2.45) is 29.6 Å². The summed E-state index contributed by atoms with van der Waals surface area (Å²) in [7, 11) is -0.840. The van der Waals surface area contributed by atoms with E-state index in [0.29, 0.717) is 19.6 Å². The zero-order chi connectivity index (χ0) is 73.4. The average Bonchev–Trinajstić information content (AvgIpc) is 1.13. The molecule has 0 bridgehead atoms. The lowest BCUT2D eigenvalue weighted by atomic mass is 10.0. The number of carbonyl (C=O) groups is 5. The monoisotopic (exact) mass is 1510 g/mol. The third kappa shape index (κ3) is 33.2. The van der Waals surface area contributed by atoms with Crippen LogP contribution in [0.4, 0.5) is 0 Å². The van der Waals surface area contributed by atoms with Crippen LogP contribution in [0.1, 0.15) is 69.2 Å². The van der Waals surface area contributed by atoms with Crippen molar-refractivity contribution < 1.29 is 88.6 Å². The van der Waals surface area contributed by atoms with E-state index in [4.69, 9.17) is 82.0 Å². The topological polar surface area (TPSA) is 294 Å². The van der Waals surface area contributed by atoms with E-state index < -0.39 is 95.1 Å². The molecule has 0 aliphatic carbocycles. The predicted molar refractivity (Wildman–Crippen MR) is 378 cm³/mol. The molecule has 8 atom stereocenters. The van der Waals surface area contributed by atoms with Crippen LogP contribution in [0.3, 0.4) is 0 Å². The fraction of sp³-hybridized carbons (Fsp3) is 0.610. The lowest BCUT2D eigenvalue weighted by molar-refractivity contribution is -0.147. The van der Waals surface area contributed by atoms with Crippen molar-refractivity contribution in [3.8, 4) is 0 Å². The molecule has 26 nitrogen and oxygen atoms in total. The van der Waals surface area contributed by atoms with Crippen molar-refractivity contribution in [1.82, 2.24) is 33.5 Å². The van der Waals surface area contributed by atoms with E-state index in [2.05, 4.69) is 61.0 Å². The number of ether oxygens (including phenoxy) is 5. The fourth-order valence-corrected chi connectivity index (χ4v) is 18.6. The molecule has 0 saturated heterocycles. The van der Waals surface area contributed by atoms with E-state index in [-0.39, 0.29) is 82.2 Å². The van der Waals surface area contributed by atoms with Crippen molar-refractivity contribution >= 4 is 110 Å². The van der Waals surface area contributed by atoms with Crippen molar-refractivity contribution in [2.45, 2.75) is 99.4 Å². The lowest BCUT2D eigenvalue weighted by Gasteiger charge is -2.35. The maximum absolute atomic E-state index is 13.1. The van der Waals surface area contributed by atoms with Gasteiger partial charge in [-0.15, -0.1) is 46.1 Å². The normalized spacial score (nSPS) is 19.0. The zero-order valence-corrected chi connectivity index (χ0v) is 64.6. The Balaban J connectivity index is -0.00000111. The van der Waals surface area contributed by atoms with Gasteiger partial charge >= 0.3 is 64.9 Å². The first-order valence-electron chi connectivity index (χ1n) is 29.5. The number of nitrogens with one attached hydrogen (secondary N) is 2. The molecule has 0 aromatic heterocycles. The van der Waals surface area contributed by atoms with Crippen molar-refractivity contribution in [3.63, 3.8) is 0 Å². The van der Waals surface area contributed by atoms with Crippen LogP contribution >= 0.6 is 80.0 Å². The average molecular weight is 1510 g/mol. The van der Waals surface area contributed by atoms with Gasteiger partial charge in [-0.05, 0) is 74.6 Å². The number of hydrogen-bond donors (Lipinski definition) is 2. The minimum absolute atomic E-state index is 0.0219. The van der Waals surface area contributed by atoms with Crippen LogP contribution < -0.4 is 10.2 Å². The van der Waals surface area contributed by atoms with Gasteiger partial charge in [-0.25, -0.2) is 33.3 Å². The summed E-state index contributed by atoms with van der Waals surface area (Å²) in [4.78, 5) is 59.3. The molecule has 2 aliphatic heterocycles. The zero-order valence-electron chi connectivity index (χ0n) is 57.1. The summed E-state index contributed by atoms with van der Waals surface area (Å²) in [5.41, 5.74) is 0. The molecular weight excluding hydrogens is 1410 g/mol. The van der Waals surface area contributed by atoms with Crippen LogP contribution in [0, 0.1) is 29.6 Å². The Morgan fingerprint density at radius 3 is 1.29 bits per heavy atom. The van der Waals surface area contributed by atoms with E-state index in [0.717, 1.165) is 0 Å². The second-order valence-corrected chi connectivity index (χ2v) is 36.4. The Kier molecular flexibility index (Phi) is 50.0. The number of rotatable bonds is 36. The Morgan fingerprint density at radius 1 is 0.543 bits per heavy atom. The van der Waals surface area contributed by atoms with Crippen molar-refractivity contribution in [3.05, 3.63) is 113 Å². The maximum atomic E-state index is 13.1. The molecule has 0 aromatic carbocycles. The quantitative estimate of drug-likeness (QED) is 0.0255. The third-order valence-electron chi connectivity index (χ3n) is 12.7. The highest BCUT2D eigenvalue weighted by Gasteiger charge is 2.46. The van der Waals surface area contributed by atoms with Crippen molar-refractivity contribution in [2.75, 3.05) is 108 Å². The largest absolute Gasteiger partial charge is 0.468 e. The van der Waals surface area contributed by atoms with Gasteiger partial charge in [-0.1, -0.05) is 136 Å². The van der Waals surface area contributed by atoms with Gasteiger partial charge in [0.05, 0.1) is 62.0 Å². The smallest absolute Gasteiger partial charge is 0.409 e. The Bertz CT molecular complexity index is 2710. The molecule has 2 rings (SSSR count). The minimum Gasteiger partial charge on any atom is -0.468 e. The lowest BCUT2D eigenvalue weighted by Crippen LogP contribution is -2.44. The molecule has 2 heterocycles. The summed E-state index contributed by atoms with van der Waals surface area (Å²) in [6.45, 7) is 38.8. The van der Waals surface area contributed by atoms with E-state index >= 15 is 0 Å². The molecule has 0 spiro atoms. The fourth-order valence-electron chi connectivity index (χ4n) is 8.52. The Labute approximate surface area is 578 Å². The molecule has 0 fully saturated rings. The van der Waals surface area contributed by atoms with Crippen molar-refractivity contribution in [1.29, 1.82) is 0 Å². The Morgan fingerprint density at radius 2 is 0.915 bits per heavy atom. The molecule has 0 aromatic rings. The number of methoxy groups -OCH3 is 5. The van der Waals surface area contributed by atoms with Crippen LogP contribution in [0.25, 0.3) is 0 Å². The van der Waals surface area contributed by atoms with E-state index in [1.54, 1.807) is 38.2 Å². The van der Waals surface area contributed by atoms with Gasteiger partial charge in [0.15, 0.2) is 0 Å². The number of esters is 5. The Hall–Kier alpha value is -3.12. The number of halogens is 4.